The molecule has 0 aliphatic carbocycles. The summed E-state index contributed by atoms with van der Waals surface area (Å²) in [5.74, 6) is 0.458. The van der Waals surface area contributed by atoms with Crippen LogP contribution in [0.4, 0.5) is 11.4 Å². The summed E-state index contributed by atoms with van der Waals surface area (Å²) in [5, 5.41) is 3.44. The van der Waals surface area contributed by atoms with E-state index in [0.29, 0.717) is 22.1 Å². The second-order valence-electron chi connectivity index (χ2n) is 4.60. The maximum atomic E-state index is 11.9. The Bertz CT molecular complexity index is 644. The van der Waals surface area contributed by atoms with Gasteiger partial charge in [-0.05, 0) is 36.8 Å². The molecule has 1 amide bonds. The van der Waals surface area contributed by atoms with E-state index in [4.69, 9.17) is 22.1 Å². The first-order valence-electron chi connectivity index (χ1n) is 6.60. The van der Waals surface area contributed by atoms with Crippen LogP contribution in [-0.2, 0) is 4.79 Å². The molecule has 4 nitrogen and oxygen atoms in total. The first-order valence-corrected chi connectivity index (χ1v) is 6.98. The average molecular weight is 305 g/mol. The quantitative estimate of drug-likeness (QED) is 0.829. The van der Waals surface area contributed by atoms with Crippen LogP contribution in [0.25, 0.3) is 0 Å². The second kappa shape index (κ2) is 6.99. The number of benzene rings is 2. The summed E-state index contributed by atoms with van der Waals surface area (Å²) in [5.41, 5.74) is 7.88. The fraction of sp³-hybridized carbons (Fsp3) is 0.188. The van der Waals surface area contributed by atoms with Gasteiger partial charge < -0.3 is 15.8 Å². The molecule has 5 heteroatoms. The standard InChI is InChI=1S/C16H17ClN2O2/c1-11-12(17)5-4-7-14(11)19-16(20)9-10-21-15-8-3-2-6-13(15)18/h2-8H,9-10,18H2,1H3,(H,19,20). The van der Waals surface area contributed by atoms with Crippen molar-refractivity contribution in [2.45, 2.75) is 13.3 Å². The Labute approximate surface area is 128 Å². The van der Waals surface area contributed by atoms with Crippen molar-refractivity contribution in [1.82, 2.24) is 0 Å². The van der Waals surface area contributed by atoms with E-state index in [0.717, 1.165) is 5.56 Å². The third-order valence-corrected chi connectivity index (χ3v) is 3.46. The van der Waals surface area contributed by atoms with Crippen molar-refractivity contribution in [2.75, 3.05) is 17.7 Å². The largest absolute Gasteiger partial charge is 0.491 e. The van der Waals surface area contributed by atoms with Crippen molar-refractivity contribution in [2.24, 2.45) is 0 Å². The summed E-state index contributed by atoms with van der Waals surface area (Å²) < 4.78 is 5.49. The molecule has 3 N–H and O–H groups in total. The Kier molecular flexibility index (Phi) is 5.06. The van der Waals surface area contributed by atoms with Gasteiger partial charge in [-0.2, -0.15) is 0 Å². The van der Waals surface area contributed by atoms with E-state index in [1.807, 2.05) is 25.1 Å². The van der Waals surface area contributed by atoms with Crippen LogP contribution < -0.4 is 15.8 Å². The van der Waals surface area contributed by atoms with Crippen molar-refractivity contribution in [3.63, 3.8) is 0 Å². The highest BCUT2D eigenvalue weighted by atomic mass is 35.5. The molecule has 0 aromatic heterocycles. The van der Waals surface area contributed by atoms with E-state index >= 15 is 0 Å². The van der Waals surface area contributed by atoms with Crippen LogP contribution in [-0.4, -0.2) is 12.5 Å². The van der Waals surface area contributed by atoms with E-state index in [-0.39, 0.29) is 18.9 Å². The molecule has 110 valence electrons. The molecular formula is C16H17ClN2O2. The molecule has 0 radical (unpaired) electrons. The summed E-state index contributed by atoms with van der Waals surface area (Å²) in [7, 11) is 0. The summed E-state index contributed by atoms with van der Waals surface area (Å²) in [6.07, 6.45) is 0.236. The SMILES string of the molecule is Cc1c(Cl)cccc1NC(=O)CCOc1ccccc1N. The van der Waals surface area contributed by atoms with Gasteiger partial charge in [0.1, 0.15) is 5.75 Å². The minimum atomic E-state index is -0.130. The Balaban J connectivity index is 1.85. The number of halogens is 1. The molecule has 0 bridgehead atoms. The number of carbonyl (C=O) groups excluding carboxylic acids is 1. The van der Waals surface area contributed by atoms with Gasteiger partial charge in [-0.25, -0.2) is 0 Å². The Morgan fingerprint density at radius 1 is 1.24 bits per heavy atom. The zero-order valence-corrected chi connectivity index (χ0v) is 12.5. The van der Waals surface area contributed by atoms with Crippen LogP contribution >= 0.6 is 11.6 Å². The van der Waals surface area contributed by atoms with Crippen LogP contribution in [0.5, 0.6) is 5.75 Å². The van der Waals surface area contributed by atoms with Gasteiger partial charge in [-0.15, -0.1) is 0 Å². The minimum absolute atomic E-state index is 0.130. The molecule has 0 unspecified atom stereocenters. The summed E-state index contributed by atoms with van der Waals surface area (Å²) >= 11 is 6.01. The van der Waals surface area contributed by atoms with Gasteiger partial charge in [0.05, 0.1) is 18.7 Å². The van der Waals surface area contributed by atoms with Gasteiger partial charge in [0.15, 0.2) is 0 Å². The monoisotopic (exact) mass is 304 g/mol. The molecule has 2 aromatic carbocycles. The zero-order chi connectivity index (χ0) is 15.2. The number of rotatable bonds is 5. The highest BCUT2D eigenvalue weighted by molar-refractivity contribution is 6.31. The fourth-order valence-electron chi connectivity index (χ4n) is 1.82. The van der Waals surface area contributed by atoms with E-state index in [1.165, 1.54) is 0 Å². The number of para-hydroxylation sites is 2. The number of nitrogens with one attached hydrogen (secondary N) is 1. The smallest absolute Gasteiger partial charge is 0.227 e. The van der Waals surface area contributed by atoms with Crippen molar-refractivity contribution in [3.8, 4) is 5.75 Å². The number of hydrogen-bond acceptors (Lipinski definition) is 3. The van der Waals surface area contributed by atoms with Gasteiger partial charge in [0.2, 0.25) is 5.91 Å². The molecular weight excluding hydrogens is 288 g/mol. The summed E-state index contributed by atoms with van der Waals surface area (Å²) in [6.45, 7) is 2.12. The third kappa shape index (κ3) is 4.13. The summed E-state index contributed by atoms with van der Waals surface area (Å²) in [4.78, 5) is 11.9. The number of carbonyl (C=O) groups is 1. The van der Waals surface area contributed by atoms with E-state index in [9.17, 15) is 4.79 Å². The lowest BCUT2D eigenvalue weighted by atomic mass is 10.2. The number of hydrogen-bond donors (Lipinski definition) is 2. The van der Waals surface area contributed by atoms with E-state index in [1.54, 1.807) is 24.3 Å². The number of anilines is 2. The van der Waals surface area contributed by atoms with Crippen molar-refractivity contribution >= 4 is 28.9 Å². The normalized spacial score (nSPS) is 10.2. The van der Waals surface area contributed by atoms with Crippen LogP contribution in [0.15, 0.2) is 42.5 Å². The molecule has 0 heterocycles. The summed E-state index contributed by atoms with van der Waals surface area (Å²) in [6, 6.07) is 12.6. The van der Waals surface area contributed by atoms with Crippen LogP contribution in [0.1, 0.15) is 12.0 Å². The number of nitrogen functional groups attached to an aromatic ring is 1. The fourth-order valence-corrected chi connectivity index (χ4v) is 2.00. The van der Waals surface area contributed by atoms with Crippen LogP contribution in [0.3, 0.4) is 0 Å². The van der Waals surface area contributed by atoms with Crippen molar-refractivity contribution < 1.29 is 9.53 Å². The third-order valence-electron chi connectivity index (χ3n) is 3.05. The lowest BCUT2D eigenvalue weighted by Crippen LogP contribution is -2.16. The molecule has 2 aromatic rings. The highest BCUT2D eigenvalue weighted by Gasteiger charge is 2.07. The molecule has 0 aliphatic rings. The molecule has 0 aliphatic heterocycles. The van der Waals surface area contributed by atoms with Gasteiger partial charge in [-0.1, -0.05) is 29.8 Å². The minimum Gasteiger partial charge on any atom is -0.491 e. The number of ether oxygens (including phenoxy) is 1. The predicted molar refractivity (Wildman–Crippen MR) is 85.8 cm³/mol. The van der Waals surface area contributed by atoms with Gasteiger partial charge >= 0.3 is 0 Å². The second-order valence-corrected chi connectivity index (χ2v) is 5.00. The predicted octanol–water partition coefficient (Wildman–Crippen LogP) is 3.64. The maximum Gasteiger partial charge on any atom is 0.227 e. The first kappa shape index (κ1) is 15.2. The molecule has 0 atom stereocenters. The first-order chi connectivity index (χ1) is 10.1. The lowest BCUT2D eigenvalue weighted by molar-refractivity contribution is -0.116. The molecule has 21 heavy (non-hydrogen) atoms. The molecule has 0 saturated heterocycles. The Morgan fingerprint density at radius 2 is 2.00 bits per heavy atom. The van der Waals surface area contributed by atoms with E-state index < -0.39 is 0 Å². The topological polar surface area (TPSA) is 64.3 Å². The average Bonchev–Trinajstić information content (AvgIpc) is 2.46. The number of nitrogens with two attached hydrogens (primary N) is 1. The van der Waals surface area contributed by atoms with Gasteiger partial charge in [-0.3, -0.25) is 4.79 Å². The Morgan fingerprint density at radius 3 is 2.76 bits per heavy atom. The molecule has 0 saturated carbocycles. The maximum absolute atomic E-state index is 11.9. The van der Waals surface area contributed by atoms with Crippen molar-refractivity contribution in [1.29, 1.82) is 0 Å². The Hall–Kier alpha value is -2.20. The van der Waals surface area contributed by atoms with Crippen LogP contribution in [0, 0.1) is 6.92 Å². The van der Waals surface area contributed by atoms with Crippen LogP contribution in [0.2, 0.25) is 5.02 Å². The lowest BCUT2D eigenvalue weighted by Gasteiger charge is -2.11. The van der Waals surface area contributed by atoms with Crippen molar-refractivity contribution in [3.05, 3.63) is 53.1 Å². The molecule has 0 spiro atoms. The highest BCUT2D eigenvalue weighted by Crippen LogP contribution is 2.23. The van der Waals surface area contributed by atoms with E-state index in [2.05, 4.69) is 5.32 Å². The molecule has 0 fully saturated rings. The molecule has 2 rings (SSSR count). The van der Waals surface area contributed by atoms with Gasteiger partial charge in [0, 0.05) is 10.7 Å². The van der Waals surface area contributed by atoms with Gasteiger partial charge in [0.25, 0.3) is 0 Å². The zero-order valence-electron chi connectivity index (χ0n) is 11.7. The number of amides is 1.